The molecule has 0 amide bonds. The minimum atomic E-state index is -1.08. The number of rotatable bonds is 2. The average molecular weight is 221 g/mol. The number of halogens is 2. The molecule has 0 saturated heterocycles. The van der Waals surface area contributed by atoms with Crippen molar-refractivity contribution in [1.82, 2.24) is 0 Å². The van der Waals surface area contributed by atoms with Crippen molar-refractivity contribution >= 4 is 5.69 Å². The fraction of sp³-hybridized carbons (Fsp3) is 0. The van der Waals surface area contributed by atoms with Crippen LogP contribution in [0.5, 0.6) is 11.5 Å². The van der Waals surface area contributed by atoms with E-state index in [0.29, 0.717) is 5.75 Å². The highest BCUT2D eigenvalue weighted by Gasteiger charge is 2.13. The van der Waals surface area contributed by atoms with Gasteiger partial charge in [-0.25, -0.2) is 4.39 Å². The fourth-order valence-corrected chi connectivity index (χ4v) is 1.26. The molecule has 0 aliphatic carbocycles. The zero-order valence-corrected chi connectivity index (χ0v) is 8.28. The molecular weight excluding hydrogens is 212 g/mol. The first-order valence-electron chi connectivity index (χ1n) is 4.65. The normalized spacial score (nSPS) is 10.1. The largest absolute Gasteiger partial charge is 0.452 e. The lowest BCUT2D eigenvalue weighted by atomic mass is 10.2. The SMILES string of the molecule is Nc1ccc(F)c(F)c1Oc1ccccc1. The molecule has 0 radical (unpaired) electrons. The van der Waals surface area contributed by atoms with Crippen molar-refractivity contribution in [3.63, 3.8) is 0 Å². The van der Waals surface area contributed by atoms with Crippen LogP contribution in [0.4, 0.5) is 14.5 Å². The lowest BCUT2D eigenvalue weighted by Crippen LogP contribution is -1.97. The Morgan fingerprint density at radius 1 is 0.938 bits per heavy atom. The summed E-state index contributed by atoms with van der Waals surface area (Å²) in [7, 11) is 0. The second-order valence-electron chi connectivity index (χ2n) is 3.19. The van der Waals surface area contributed by atoms with E-state index in [9.17, 15) is 8.78 Å². The minimum absolute atomic E-state index is 0.0581. The van der Waals surface area contributed by atoms with Crippen LogP contribution < -0.4 is 10.5 Å². The molecule has 0 aromatic heterocycles. The highest BCUT2D eigenvalue weighted by molar-refractivity contribution is 5.54. The number of hydrogen-bond acceptors (Lipinski definition) is 2. The summed E-state index contributed by atoms with van der Waals surface area (Å²) >= 11 is 0. The molecule has 82 valence electrons. The van der Waals surface area contributed by atoms with E-state index in [1.54, 1.807) is 30.3 Å². The summed E-state index contributed by atoms with van der Waals surface area (Å²) < 4.78 is 31.5. The molecule has 0 bridgehead atoms. The summed E-state index contributed by atoms with van der Waals surface area (Å²) in [6.07, 6.45) is 0. The molecule has 0 aliphatic heterocycles. The van der Waals surface area contributed by atoms with Crippen LogP contribution in [0, 0.1) is 11.6 Å². The Bertz CT molecular complexity index is 500. The molecular formula is C12H9F2NO. The van der Waals surface area contributed by atoms with Crippen LogP contribution in [-0.2, 0) is 0 Å². The van der Waals surface area contributed by atoms with Crippen molar-refractivity contribution in [3.05, 3.63) is 54.1 Å². The van der Waals surface area contributed by atoms with Gasteiger partial charge in [0.15, 0.2) is 11.6 Å². The van der Waals surface area contributed by atoms with E-state index in [-0.39, 0.29) is 11.4 Å². The van der Waals surface area contributed by atoms with Gasteiger partial charge in [0.05, 0.1) is 5.69 Å². The second kappa shape index (κ2) is 4.18. The number of ether oxygens (including phenoxy) is 1. The maximum Gasteiger partial charge on any atom is 0.203 e. The monoisotopic (exact) mass is 221 g/mol. The first-order chi connectivity index (χ1) is 7.68. The molecule has 4 heteroatoms. The van der Waals surface area contributed by atoms with Crippen LogP contribution in [0.3, 0.4) is 0 Å². The molecule has 0 fully saturated rings. The summed E-state index contributed by atoms with van der Waals surface area (Å²) in [5, 5.41) is 0. The summed E-state index contributed by atoms with van der Waals surface area (Å²) in [4.78, 5) is 0. The maximum atomic E-state index is 13.4. The Balaban J connectivity index is 2.38. The van der Waals surface area contributed by atoms with Gasteiger partial charge in [-0.05, 0) is 24.3 Å². The van der Waals surface area contributed by atoms with Gasteiger partial charge in [-0.3, -0.25) is 0 Å². The van der Waals surface area contributed by atoms with Crippen molar-refractivity contribution in [2.45, 2.75) is 0 Å². The summed E-state index contributed by atoms with van der Waals surface area (Å²) in [5.41, 5.74) is 5.56. The van der Waals surface area contributed by atoms with Crippen LogP contribution >= 0.6 is 0 Å². The number of anilines is 1. The van der Waals surface area contributed by atoms with Crippen molar-refractivity contribution in [2.75, 3.05) is 5.73 Å². The molecule has 0 spiro atoms. The van der Waals surface area contributed by atoms with Gasteiger partial charge in [0.2, 0.25) is 5.82 Å². The predicted molar refractivity (Wildman–Crippen MR) is 57.3 cm³/mol. The zero-order valence-electron chi connectivity index (χ0n) is 8.28. The lowest BCUT2D eigenvalue weighted by molar-refractivity contribution is 0.418. The third-order valence-electron chi connectivity index (χ3n) is 2.04. The molecule has 2 aromatic rings. The standard InChI is InChI=1S/C12H9F2NO/c13-9-6-7-10(15)12(11(9)14)16-8-4-2-1-3-5-8/h1-7H,15H2. The first-order valence-corrected chi connectivity index (χ1v) is 4.65. The number of hydrogen-bond donors (Lipinski definition) is 1. The van der Waals surface area contributed by atoms with Crippen LogP contribution in [0.1, 0.15) is 0 Å². The van der Waals surface area contributed by atoms with E-state index in [2.05, 4.69) is 0 Å². The van der Waals surface area contributed by atoms with E-state index in [4.69, 9.17) is 10.5 Å². The maximum absolute atomic E-state index is 13.4. The van der Waals surface area contributed by atoms with Gasteiger partial charge < -0.3 is 10.5 Å². The molecule has 0 unspecified atom stereocenters. The van der Waals surface area contributed by atoms with E-state index >= 15 is 0 Å². The quantitative estimate of drug-likeness (QED) is 0.789. The number of nitrogen functional groups attached to an aromatic ring is 1. The molecule has 2 rings (SSSR count). The minimum Gasteiger partial charge on any atom is -0.452 e. The topological polar surface area (TPSA) is 35.2 Å². The summed E-state index contributed by atoms with van der Waals surface area (Å²) in [6.45, 7) is 0. The molecule has 0 atom stereocenters. The fourth-order valence-electron chi connectivity index (χ4n) is 1.26. The van der Waals surface area contributed by atoms with Gasteiger partial charge in [0.1, 0.15) is 5.75 Å². The van der Waals surface area contributed by atoms with E-state index < -0.39 is 11.6 Å². The Morgan fingerprint density at radius 2 is 1.62 bits per heavy atom. The molecule has 16 heavy (non-hydrogen) atoms. The van der Waals surface area contributed by atoms with Gasteiger partial charge in [-0.1, -0.05) is 18.2 Å². The average Bonchev–Trinajstić information content (AvgIpc) is 2.31. The number of nitrogens with two attached hydrogens (primary N) is 1. The number of para-hydroxylation sites is 1. The molecule has 0 aliphatic rings. The first kappa shape index (κ1) is 10.4. The van der Waals surface area contributed by atoms with Crippen molar-refractivity contribution in [2.24, 2.45) is 0 Å². The molecule has 2 nitrogen and oxygen atoms in total. The summed E-state index contributed by atoms with van der Waals surface area (Å²) in [6, 6.07) is 10.7. The highest BCUT2D eigenvalue weighted by Crippen LogP contribution is 2.31. The van der Waals surface area contributed by atoms with E-state index in [1.165, 1.54) is 6.07 Å². The smallest absolute Gasteiger partial charge is 0.203 e. The van der Waals surface area contributed by atoms with E-state index in [0.717, 1.165) is 6.07 Å². The third kappa shape index (κ3) is 1.95. The van der Waals surface area contributed by atoms with Crippen LogP contribution in [0.25, 0.3) is 0 Å². The molecule has 2 aromatic carbocycles. The third-order valence-corrected chi connectivity index (χ3v) is 2.04. The van der Waals surface area contributed by atoms with Crippen molar-refractivity contribution < 1.29 is 13.5 Å². The Kier molecular flexibility index (Phi) is 2.72. The van der Waals surface area contributed by atoms with Gasteiger partial charge in [0, 0.05) is 0 Å². The van der Waals surface area contributed by atoms with Crippen molar-refractivity contribution in [3.8, 4) is 11.5 Å². The Hall–Kier alpha value is -2.10. The predicted octanol–water partition coefficient (Wildman–Crippen LogP) is 3.34. The highest BCUT2D eigenvalue weighted by atomic mass is 19.2. The van der Waals surface area contributed by atoms with Crippen molar-refractivity contribution in [1.29, 1.82) is 0 Å². The van der Waals surface area contributed by atoms with Gasteiger partial charge >= 0.3 is 0 Å². The van der Waals surface area contributed by atoms with E-state index in [1.807, 2.05) is 0 Å². The molecule has 2 N–H and O–H groups in total. The van der Waals surface area contributed by atoms with Crippen LogP contribution in [-0.4, -0.2) is 0 Å². The molecule has 0 heterocycles. The van der Waals surface area contributed by atoms with Gasteiger partial charge in [-0.2, -0.15) is 4.39 Å². The zero-order chi connectivity index (χ0) is 11.5. The lowest BCUT2D eigenvalue weighted by Gasteiger charge is -2.09. The second-order valence-corrected chi connectivity index (χ2v) is 3.19. The Labute approximate surface area is 91.3 Å². The molecule has 0 saturated carbocycles. The van der Waals surface area contributed by atoms with Gasteiger partial charge in [-0.15, -0.1) is 0 Å². The summed E-state index contributed by atoms with van der Waals surface area (Å²) in [5.74, 6) is -1.95. The van der Waals surface area contributed by atoms with Crippen LogP contribution in [0.15, 0.2) is 42.5 Å². The van der Waals surface area contributed by atoms with Gasteiger partial charge in [0.25, 0.3) is 0 Å². The van der Waals surface area contributed by atoms with Crippen LogP contribution in [0.2, 0.25) is 0 Å². The Morgan fingerprint density at radius 3 is 2.31 bits per heavy atom. The number of benzene rings is 2.